The molecular formula is C30H45NO2Si. The Morgan fingerprint density at radius 1 is 0.971 bits per heavy atom. The first-order chi connectivity index (χ1) is 15.9. The number of likely N-dealkylation sites (tertiary alicyclic amines) is 1. The van der Waals surface area contributed by atoms with Crippen LogP contribution in [0.4, 0.5) is 0 Å². The average Bonchev–Trinajstić information content (AvgIpc) is 3.11. The van der Waals surface area contributed by atoms with Gasteiger partial charge in [0.15, 0.2) is 8.32 Å². The second-order valence-electron chi connectivity index (χ2n) is 12.8. The molecule has 34 heavy (non-hydrogen) atoms. The quantitative estimate of drug-likeness (QED) is 0.429. The molecule has 2 aromatic rings. The van der Waals surface area contributed by atoms with Crippen molar-refractivity contribution in [2.75, 3.05) is 19.7 Å². The largest absolute Gasteiger partial charge is 0.415 e. The van der Waals surface area contributed by atoms with Crippen molar-refractivity contribution < 1.29 is 9.53 Å². The van der Waals surface area contributed by atoms with Gasteiger partial charge in [0.25, 0.3) is 0 Å². The third-order valence-corrected chi connectivity index (χ3v) is 13.8. The number of benzene rings is 2. The standard InChI is InChI=1S/C30H45NO2Si/c1-28(2,3)34(6,7)33-22-25-19-14-20-31(25)21-26-27(29(26,4)5)30(32,23-15-10-8-11-16-23)24-17-12-9-13-18-24/h8-13,15-18,25-27,32H,14,19-22H2,1-7H3/t25-,26-,27+/m0/s1. The van der Waals surface area contributed by atoms with E-state index in [2.05, 4.69) is 76.9 Å². The van der Waals surface area contributed by atoms with E-state index < -0.39 is 13.9 Å². The molecule has 2 aliphatic rings. The summed E-state index contributed by atoms with van der Waals surface area (Å²) in [6.45, 7) is 19.4. The van der Waals surface area contributed by atoms with Crippen molar-refractivity contribution in [3.63, 3.8) is 0 Å². The monoisotopic (exact) mass is 479 g/mol. The maximum Gasteiger partial charge on any atom is 0.192 e. The SMILES string of the molecule is CC1(C)[C@@H](CN2CCC[C@H]2CO[Si](C)(C)C(C)(C)C)[C@H]1C(O)(c1ccccc1)c1ccccc1. The number of nitrogens with zero attached hydrogens (tertiary/aromatic N) is 1. The third-order valence-electron chi connectivity index (χ3n) is 9.30. The van der Waals surface area contributed by atoms with Gasteiger partial charge in [-0.3, -0.25) is 4.90 Å². The molecule has 4 heteroatoms. The van der Waals surface area contributed by atoms with E-state index in [1.807, 2.05) is 36.4 Å². The summed E-state index contributed by atoms with van der Waals surface area (Å²) in [4.78, 5) is 2.66. The van der Waals surface area contributed by atoms with E-state index in [1.54, 1.807) is 0 Å². The molecule has 1 saturated carbocycles. The fourth-order valence-electron chi connectivity index (χ4n) is 5.92. The lowest BCUT2D eigenvalue weighted by atomic mass is 9.79. The Balaban J connectivity index is 1.54. The number of rotatable bonds is 8. The summed E-state index contributed by atoms with van der Waals surface area (Å²) in [6, 6.07) is 21.1. The molecule has 3 nitrogen and oxygen atoms in total. The van der Waals surface area contributed by atoms with E-state index in [9.17, 15) is 5.11 Å². The van der Waals surface area contributed by atoms with Crippen molar-refractivity contribution in [2.45, 2.75) is 77.2 Å². The van der Waals surface area contributed by atoms with Gasteiger partial charge in [-0.2, -0.15) is 0 Å². The summed E-state index contributed by atoms with van der Waals surface area (Å²) < 4.78 is 6.64. The Kier molecular flexibility index (Phi) is 6.93. The van der Waals surface area contributed by atoms with Gasteiger partial charge < -0.3 is 9.53 Å². The molecule has 0 spiro atoms. The molecular weight excluding hydrogens is 434 g/mol. The van der Waals surface area contributed by atoms with Crippen LogP contribution in [0.25, 0.3) is 0 Å². The lowest BCUT2D eigenvalue weighted by molar-refractivity contribution is 0.0382. The van der Waals surface area contributed by atoms with Crippen LogP contribution in [-0.4, -0.2) is 44.1 Å². The van der Waals surface area contributed by atoms with Crippen LogP contribution in [0, 0.1) is 17.3 Å². The van der Waals surface area contributed by atoms with Gasteiger partial charge >= 0.3 is 0 Å². The Hall–Kier alpha value is -1.46. The first-order valence-electron chi connectivity index (χ1n) is 13.1. The summed E-state index contributed by atoms with van der Waals surface area (Å²) in [5.41, 5.74) is 1.08. The van der Waals surface area contributed by atoms with Crippen LogP contribution in [-0.2, 0) is 10.0 Å². The third kappa shape index (κ3) is 4.67. The molecule has 3 atom stereocenters. The fraction of sp³-hybridized carbons (Fsp3) is 0.600. The van der Waals surface area contributed by atoms with Crippen molar-refractivity contribution in [3.8, 4) is 0 Å². The second kappa shape index (κ2) is 9.20. The summed E-state index contributed by atoms with van der Waals surface area (Å²) >= 11 is 0. The van der Waals surface area contributed by atoms with Crippen molar-refractivity contribution in [3.05, 3.63) is 71.8 Å². The topological polar surface area (TPSA) is 32.7 Å². The lowest BCUT2D eigenvalue weighted by Gasteiger charge is -2.38. The highest BCUT2D eigenvalue weighted by Gasteiger charge is 2.67. The van der Waals surface area contributed by atoms with Gasteiger partial charge in [-0.05, 0) is 60.0 Å². The zero-order valence-electron chi connectivity index (χ0n) is 22.3. The normalized spacial score (nSPS) is 25.5. The van der Waals surface area contributed by atoms with Crippen molar-refractivity contribution >= 4 is 8.32 Å². The summed E-state index contributed by atoms with van der Waals surface area (Å²) in [5, 5.41) is 12.6. The maximum absolute atomic E-state index is 12.4. The number of aliphatic hydroxyl groups is 1. The van der Waals surface area contributed by atoms with Crippen molar-refractivity contribution in [1.29, 1.82) is 0 Å². The van der Waals surface area contributed by atoms with Crippen molar-refractivity contribution in [2.24, 2.45) is 17.3 Å². The van der Waals surface area contributed by atoms with Gasteiger partial charge in [-0.1, -0.05) is 95.3 Å². The fourth-order valence-corrected chi connectivity index (χ4v) is 6.96. The Morgan fingerprint density at radius 3 is 2.00 bits per heavy atom. The van der Waals surface area contributed by atoms with Crippen LogP contribution in [0.3, 0.4) is 0 Å². The minimum absolute atomic E-state index is 0.0634. The minimum Gasteiger partial charge on any atom is -0.415 e. The first-order valence-corrected chi connectivity index (χ1v) is 16.0. The van der Waals surface area contributed by atoms with Crippen LogP contribution in [0.5, 0.6) is 0 Å². The van der Waals surface area contributed by atoms with E-state index >= 15 is 0 Å². The molecule has 0 unspecified atom stereocenters. The van der Waals surface area contributed by atoms with Gasteiger partial charge in [0.05, 0.1) is 0 Å². The molecule has 0 amide bonds. The zero-order valence-corrected chi connectivity index (χ0v) is 23.3. The predicted molar refractivity (Wildman–Crippen MR) is 144 cm³/mol. The van der Waals surface area contributed by atoms with Gasteiger partial charge in [0.1, 0.15) is 5.60 Å². The van der Waals surface area contributed by atoms with Gasteiger partial charge in [-0.25, -0.2) is 0 Å². The molecule has 1 heterocycles. The summed E-state index contributed by atoms with van der Waals surface area (Å²) in [5.74, 6) is 0.610. The zero-order chi connectivity index (χ0) is 24.8. The molecule has 1 aliphatic heterocycles. The Bertz CT molecular complexity index is 911. The van der Waals surface area contributed by atoms with Crippen LogP contribution >= 0.6 is 0 Å². The van der Waals surface area contributed by atoms with E-state index in [0.717, 1.165) is 30.8 Å². The minimum atomic E-state index is -1.75. The maximum atomic E-state index is 12.4. The number of hydrogen-bond donors (Lipinski definition) is 1. The summed E-state index contributed by atoms with van der Waals surface area (Å²) in [6.07, 6.45) is 2.46. The average molecular weight is 480 g/mol. The lowest BCUT2D eigenvalue weighted by Crippen LogP contribution is -2.45. The van der Waals surface area contributed by atoms with E-state index in [4.69, 9.17) is 4.43 Å². The van der Waals surface area contributed by atoms with E-state index in [1.165, 1.54) is 12.8 Å². The van der Waals surface area contributed by atoms with Gasteiger partial charge in [-0.15, -0.1) is 0 Å². The van der Waals surface area contributed by atoms with Crippen LogP contribution in [0.15, 0.2) is 60.7 Å². The van der Waals surface area contributed by atoms with Crippen LogP contribution in [0.1, 0.15) is 58.6 Å². The van der Waals surface area contributed by atoms with Crippen molar-refractivity contribution in [1.82, 2.24) is 4.90 Å². The van der Waals surface area contributed by atoms with Crippen LogP contribution in [0.2, 0.25) is 18.1 Å². The smallest absolute Gasteiger partial charge is 0.192 e. The Labute approximate surface area is 208 Å². The first kappa shape index (κ1) is 25.6. The molecule has 0 radical (unpaired) electrons. The molecule has 0 aromatic heterocycles. The molecule has 186 valence electrons. The highest BCUT2D eigenvalue weighted by molar-refractivity contribution is 6.74. The molecule has 2 aromatic carbocycles. The van der Waals surface area contributed by atoms with E-state index in [0.29, 0.717) is 12.0 Å². The number of hydrogen-bond acceptors (Lipinski definition) is 3. The molecule has 2 fully saturated rings. The molecule has 1 N–H and O–H groups in total. The molecule has 0 bridgehead atoms. The Morgan fingerprint density at radius 2 is 1.50 bits per heavy atom. The highest BCUT2D eigenvalue weighted by atomic mass is 28.4. The molecule has 1 saturated heterocycles. The second-order valence-corrected chi connectivity index (χ2v) is 17.6. The molecule has 4 rings (SSSR count). The van der Waals surface area contributed by atoms with E-state index in [-0.39, 0.29) is 16.4 Å². The molecule has 1 aliphatic carbocycles. The van der Waals surface area contributed by atoms with Gasteiger partial charge in [0.2, 0.25) is 0 Å². The van der Waals surface area contributed by atoms with Crippen LogP contribution < -0.4 is 0 Å². The predicted octanol–water partition coefficient (Wildman–Crippen LogP) is 6.68. The van der Waals surface area contributed by atoms with Gasteiger partial charge in [0, 0.05) is 25.1 Å². The highest BCUT2D eigenvalue weighted by Crippen LogP contribution is 2.67. The summed E-state index contributed by atoms with van der Waals surface area (Å²) in [7, 11) is -1.75.